The lowest BCUT2D eigenvalue weighted by Gasteiger charge is -2.17. The molecule has 0 saturated carbocycles. The van der Waals surface area contributed by atoms with Gasteiger partial charge in [0.25, 0.3) is 0 Å². The second kappa shape index (κ2) is 8.57. The SMILES string of the molecule is CC(O)COC(C)COC(C)COP. The maximum atomic E-state index is 8.97. The van der Waals surface area contributed by atoms with Crippen molar-refractivity contribution in [2.75, 3.05) is 19.8 Å². The minimum atomic E-state index is -0.426. The molecule has 5 heteroatoms. The van der Waals surface area contributed by atoms with Crippen LogP contribution in [0.5, 0.6) is 0 Å². The average Bonchev–Trinajstić information content (AvgIpc) is 2.12. The summed E-state index contributed by atoms with van der Waals surface area (Å²) in [5.74, 6) is 0. The Morgan fingerprint density at radius 1 is 1.00 bits per heavy atom. The molecule has 0 fully saturated rings. The van der Waals surface area contributed by atoms with Crippen LogP contribution in [0.1, 0.15) is 20.8 Å². The number of aliphatic hydroxyl groups is 1. The molecule has 0 bridgehead atoms. The Kier molecular flexibility index (Phi) is 8.73. The predicted octanol–water partition coefficient (Wildman–Crippen LogP) is 0.984. The van der Waals surface area contributed by atoms with E-state index in [2.05, 4.69) is 9.47 Å². The summed E-state index contributed by atoms with van der Waals surface area (Å²) < 4.78 is 15.6. The van der Waals surface area contributed by atoms with E-state index in [-0.39, 0.29) is 12.2 Å². The van der Waals surface area contributed by atoms with Crippen LogP contribution in [-0.4, -0.2) is 43.2 Å². The van der Waals surface area contributed by atoms with E-state index in [1.807, 2.05) is 13.8 Å². The quantitative estimate of drug-likeness (QED) is 0.624. The maximum absolute atomic E-state index is 8.97. The van der Waals surface area contributed by atoms with Crippen LogP contribution in [-0.2, 0) is 14.0 Å². The first-order valence-electron chi connectivity index (χ1n) is 4.79. The van der Waals surface area contributed by atoms with Crippen molar-refractivity contribution < 1.29 is 19.1 Å². The second-order valence-corrected chi connectivity index (χ2v) is 3.80. The minimum Gasteiger partial charge on any atom is -0.391 e. The molecule has 0 rings (SSSR count). The highest BCUT2D eigenvalue weighted by atomic mass is 31.0. The highest BCUT2D eigenvalue weighted by Gasteiger charge is 2.07. The summed E-state index contributed by atoms with van der Waals surface area (Å²) in [4.78, 5) is 0. The van der Waals surface area contributed by atoms with Crippen LogP contribution in [0.3, 0.4) is 0 Å². The third-order valence-electron chi connectivity index (χ3n) is 1.57. The fourth-order valence-corrected chi connectivity index (χ4v) is 1.11. The molecule has 0 amide bonds. The van der Waals surface area contributed by atoms with E-state index in [1.165, 1.54) is 0 Å². The molecule has 0 aliphatic heterocycles. The highest BCUT2D eigenvalue weighted by molar-refractivity contribution is 7.09. The summed E-state index contributed by atoms with van der Waals surface area (Å²) in [5.41, 5.74) is 0. The third kappa shape index (κ3) is 8.85. The van der Waals surface area contributed by atoms with Crippen LogP contribution >= 0.6 is 9.47 Å². The molecule has 0 heterocycles. The Bertz CT molecular complexity index is 132. The standard InChI is InChI=1S/C9H21O4P/c1-7(10)4-11-8(2)5-12-9(3)6-13-14/h7-10H,4-6,14H2,1-3H3. The molecule has 0 aromatic rings. The molecular weight excluding hydrogens is 203 g/mol. The van der Waals surface area contributed by atoms with Gasteiger partial charge in [0, 0.05) is 9.47 Å². The summed E-state index contributed by atoms with van der Waals surface area (Å²) in [5, 5.41) is 8.97. The molecular formula is C9H21O4P. The van der Waals surface area contributed by atoms with Crippen molar-refractivity contribution in [1.29, 1.82) is 0 Å². The Labute approximate surface area is 88.2 Å². The van der Waals surface area contributed by atoms with Crippen molar-refractivity contribution in [2.45, 2.75) is 39.1 Å². The van der Waals surface area contributed by atoms with E-state index in [4.69, 9.17) is 19.1 Å². The summed E-state index contributed by atoms with van der Waals surface area (Å²) in [6.45, 7) is 6.95. The van der Waals surface area contributed by atoms with Crippen molar-refractivity contribution in [1.82, 2.24) is 0 Å². The van der Waals surface area contributed by atoms with Gasteiger partial charge < -0.3 is 19.1 Å². The first-order chi connectivity index (χ1) is 6.56. The lowest BCUT2D eigenvalue weighted by atomic mass is 10.4. The van der Waals surface area contributed by atoms with E-state index >= 15 is 0 Å². The molecule has 0 aromatic carbocycles. The molecule has 86 valence electrons. The van der Waals surface area contributed by atoms with E-state index in [0.29, 0.717) is 19.8 Å². The van der Waals surface area contributed by atoms with Gasteiger partial charge in [-0.25, -0.2) is 0 Å². The van der Waals surface area contributed by atoms with Gasteiger partial charge in [-0.1, -0.05) is 0 Å². The molecule has 4 unspecified atom stereocenters. The number of ether oxygens (including phenoxy) is 2. The fourth-order valence-electron chi connectivity index (χ4n) is 0.835. The fraction of sp³-hybridized carbons (Fsp3) is 1.00. The van der Waals surface area contributed by atoms with Crippen molar-refractivity contribution in [3.8, 4) is 0 Å². The predicted molar refractivity (Wildman–Crippen MR) is 58.2 cm³/mol. The van der Waals surface area contributed by atoms with Crippen LogP contribution in [0.25, 0.3) is 0 Å². The molecule has 0 aliphatic rings. The van der Waals surface area contributed by atoms with Crippen molar-refractivity contribution in [3.63, 3.8) is 0 Å². The number of aliphatic hydroxyl groups excluding tert-OH is 1. The zero-order chi connectivity index (χ0) is 11.0. The second-order valence-electron chi connectivity index (χ2n) is 3.47. The van der Waals surface area contributed by atoms with E-state index in [9.17, 15) is 0 Å². The van der Waals surface area contributed by atoms with Gasteiger partial charge in [-0.05, 0) is 20.8 Å². The van der Waals surface area contributed by atoms with Crippen LogP contribution in [0.2, 0.25) is 0 Å². The third-order valence-corrected chi connectivity index (χ3v) is 1.76. The smallest absolute Gasteiger partial charge is 0.0784 e. The Morgan fingerprint density at radius 2 is 1.50 bits per heavy atom. The first-order valence-corrected chi connectivity index (χ1v) is 5.26. The molecule has 0 saturated heterocycles. The van der Waals surface area contributed by atoms with Gasteiger partial charge in [-0.15, -0.1) is 0 Å². The number of hydrogen-bond donors (Lipinski definition) is 1. The topological polar surface area (TPSA) is 47.9 Å². The van der Waals surface area contributed by atoms with Crippen molar-refractivity contribution in [2.24, 2.45) is 0 Å². The van der Waals surface area contributed by atoms with Crippen molar-refractivity contribution >= 4 is 9.47 Å². The molecule has 0 spiro atoms. The van der Waals surface area contributed by atoms with E-state index in [0.717, 1.165) is 0 Å². The van der Waals surface area contributed by atoms with E-state index in [1.54, 1.807) is 6.92 Å². The molecule has 4 nitrogen and oxygen atoms in total. The van der Waals surface area contributed by atoms with Gasteiger partial charge in [0.1, 0.15) is 0 Å². The van der Waals surface area contributed by atoms with Gasteiger partial charge in [0.15, 0.2) is 0 Å². The normalized spacial score (nSPS) is 17.8. The molecule has 0 aliphatic carbocycles. The molecule has 0 radical (unpaired) electrons. The van der Waals surface area contributed by atoms with Gasteiger partial charge in [-0.3, -0.25) is 0 Å². The number of rotatable bonds is 8. The maximum Gasteiger partial charge on any atom is 0.0784 e. The Balaban J connectivity index is 3.38. The van der Waals surface area contributed by atoms with Gasteiger partial charge in [0.2, 0.25) is 0 Å². The zero-order valence-corrected chi connectivity index (χ0v) is 10.3. The molecule has 0 aromatic heterocycles. The highest BCUT2D eigenvalue weighted by Crippen LogP contribution is 1.99. The van der Waals surface area contributed by atoms with Crippen LogP contribution in [0, 0.1) is 0 Å². The zero-order valence-electron chi connectivity index (χ0n) is 9.10. The average molecular weight is 224 g/mol. The first kappa shape index (κ1) is 14.3. The lowest BCUT2D eigenvalue weighted by Crippen LogP contribution is -2.25. The summed E-state index contributed by atoms with van der Waals surface area (Å²) in [7, 11) is 2.19. The summed E-state index contributed by atoms with van der Waals surface area (Å²) in [6, 6.07) is 0. The van der Waals surface area contributed by atoms with Crippen LogP contribution < -0.4 is 0 Å². The largest absolute Gasteiger partial charge is 0.391 e. The monoisotopic (exact) mass is 224 g/mol. The van der Waals surface area contributed by atoms with Crippen LogP contribution in [0.4, 0.5) is 0 Å². The summed E-state index contributed by atoms with van der Waals surface area (Å²) >= 11 is 0. The number of hydrogen-bond acceptors (Lipinski definition) is 4. The van der Waals surface area contributed by atoms with Gasteiger partial charge >= 0.3 is 0 Å². The summed E-state index contributed by atoms with van der Waals surface area (Å²) in [6.07, 6.45) is -0.369. The van der Waals surface area contributed by atoms with Crippen molar-refractivity contribution in [3.05, 3.63) is 0 Å². The van der Waals surface area contributed by atoms with Gasteiger partial charge in [-0.2, -0.15) is 0 Å². The van der Waals surface area contributed by atoms with Gasteiger partial charge in [0.05, 0.1) is 38.1 Å². The Morgan fingerprint density at radius 3 is 2.00 bits per heavy atom. The van der Waals surface area contributed by atoms with Crippen LogP contribution in [0.15, 0.2) is 0 Å². The van der Waals surface area contributed by atoms with E-state index < -0.39 is 6.10 Å². The lowest BCUT2D eigenvalue weighted by molar-refractivity contribution is -0.0589. The molecule has 14 heavy (non-hydrogen) atoms. The minimum absolute atomic E-state index is 0.00319. The molecule has 1 N–H and O–H groups in total. The molecule has 4 atom stereocenters. The Hall–Kier alpha value is 0.270.